The van der Waals surface area contributed by atoms with Crippen LogP contribution in [-0.4, -0.2) is 12.6 Å². The molecule has 0 radical (unpaired) electrons. The lowest BCUT2D eigenvalue weighted by molar-refractivity contribution is -0.142. The van der Waals surface area contributed by atoms with Gasteiger partial charge in [-0.2, -0.15) is 5.26 Å². The highest BCUT2D eigenvalue weighted by atomic mass is 19.1. The van der Waals surface area contributed by atoms with E-state index in [1.807, 2.05) is 6.07 Å². The quantitative estimate of drug-likeness (QED) is 0.753. The molecule has 3 nitrogen and oxygen atoms in total. The second-order valence-corrected chi connectivity index (χ2v) is 3.54. The lowest BCUT2D eigenvalue weighted by Crippen LogP contribution is -2.10. The first-order chi connectivity index (χ1) is 8.12. The zero-order valence-electron chi connectivity index (χ0n) is 9.92. The zero-order valence-corrected chi connectivity index (χ0v) is 9.92. The summed E-state index contributed by atoms with van der Waals surface area (Å²) in [6.07, 6.45) is 0.482. The minimum absolute atomic E-state index is 0.00343. The van der Waals surface area contributed by atoms with Crippen LogP contribution in [0.5, 0.6) is 0 Å². The third-order valence-electron chi connectivity index (χ3n) is 2.41. The van der Waals surface area contributed by atoms with E-state index in [1.54, 1.807) is 19.9 Å². The van der Waals surface area contributed by atoms with Gasteiger partial charge in [0.1, 0.15) is 5.82 Å². The molecule has 0 atom stereocenters. The van der Waals surface area contributed by atoms with Crippen molar-refractivity contribution in [2.45, 2.75) is 26.7 Å². The summed E-state index contributed by atoms with van der Waals surface area (Å²) in [6.45, 7) is 3.81. The molecule has 0 spiro atoms. The van der Waals surface area contributed by atoms with Crippen LogP contribution in [0.15, 0.2) is 12.1 Å². The number of carbonyl (C=O) groups is 1. The Bertz CT molecular complexity index is 463. The van der Waals surface area contributed by atoms with Crippen molar-refractivity contribution in [3.8, 4) is 6.07 Å². The fraction of sp³-hybridized carbons (Fsp3) is 0.385. The summed E-state index contributed by atoms with van der Waals surface area (Å²) < 4.78 is 18.4. The van der Waals surface area contributed by atoms with Crippen LogP contribution in [0.1, 0.15) is 30.5 Å². The van der Waals surface area contributed by atoms with Gasteiger partial charge in [0.2, 0.25) is 0 Å². The number of esters is 1. The predicted molar refractivity (Wildman–Crippen MR) is 60.8 cm³/mol. The fourth-order valence-electron chi connectivity index (χ4n) is 1.68. The number of ether oxygens (including phenoxy) is 1. The predicted octanol–water partition coefficient (Wildman–Crippen LogP) is 2.37. The highest BCUT2D eigenvalue weighted by Crippen LogP contribution is 2.18. The molecule has 0 N–H and O–H groups in total. The molecule has 1 aromatic rings. The summed E-state index contributed by atoms with van der Waals surface area (Å²) in [5, 5.41) is 8.75. The van der Waals surface area contributed by atoms with Crippen molar-refractivity contribution < 1.29 is 13.9 Å². The van der Waals surface area contributed by atoms with Gasteiger partial charge in [-0.05, 0) is 36.6 Å². The smallest absolute Gasteiger partial charge is 0.310 e. The maximum Gasteiger partial charge on any atom is 0.310 e. The van der Waals surface area contributed by atoms with Crippen molar-refractivity contribution >= 4 is 5.97 Å². The van der Waals surface area contributed by atoms with Gasteiger partial charge in [-0.15, -0.1) is 0 Å². The Balaban J connectivity index is 3.08. The molecule has 0 aliphatic rings. The van der Waals surface area contributed by atoms with E-state index >= 15 is 0 Å². The maximum absolute atomic E-state index is 13.6. The number of benzene rings is 1. The van der Waals surface area contributed by atoms with E-state index in [9.17, 15) is 9.18 Å². The molecule has 0 unspecified atom stereocenters. The first-order valence-electron chi connectivity index (χ1n) is 5.49. The van der Waals surface area contributed by atoms with E-state index in [2.05, 4.69) is 0 Å². The molecule has 0 aromatic heterocycles. The minimum Gasteiger partial charge on any atom is -0.466 e. The third kappa shape index (κ3) is 3.28. The number of halogens is 1. The Hall–Kier alpha value is -1.89. The lowest BCUT2D eigenvalue weighted by atomic mass is 9.99. The van der Waals surface area contributed by atoms with Crippen LogP contribution in [0.2, 0.25) is 0 Å². The molecule has 90 valence electrons. The van der Waals surface area contributed by atoms with Gasteiger partial charge < -0.3 is 4.74 Å². The molecule has 0 saturated carbocycles. The van der Waals surface area contributed by atoms with Crippen molar-refractivity contribution in [3.63, 3.8) is 0 Å². The summed E-state index contributed by atoms with van der Waals surface area (Å²) >= 11 is 0. The molecule has 0 aliphatic heterocycles. The van der Waals surface area contributed by atoms with Crippen molar-refractivity contribution in [1.29, 1.82) is 5.26 Å². The van der Waals surface area contributed by atoms with Crippen molar-refractivity contribution in [2.75, 3.05) is 6.61 Å². The van der Waals surface area contributed by atoms with E-state index < -0.39 is 11.8 Å². The molecule has 0 amide bonds. The normalized spacial score (nSPS) is 9.76. The molecule has 0 heterocycles. The van der Waals surface area contributed by atoms with Crippen LogP contribution >= 0.6 is 0 Å². The highest BCUT2D eigenvalue weighted by molar-refractivity contribution is 5.73. The standard InChI is InChI=1S/C13H14FNO2/c1-3-11-10(7-13(16)17-4-2)5-9(8-15)6-12(11)14/h5-6H,3-4,7H2,1-2H3. The SMILES string of the molecule is CCOC(=O)Cc1cc(C#N)cc(F)c1CC. The number of hydrogen-bond acceptors (Lipinski definition) is 3. The number of rotatable bonds is 4. The fourth-order valence-corrected chi connectivity index (χ4v) is 1.68. The molecule has 1 rings (SSSR count). The first kappa shape index (κ1) is 13.2. The molecular weight excluding hydrogens is 221 g/mol. The Labute approximate surface area is 99.8 Å². The van der Waals surface area contributed by atoms with Gasteiger partial charge in [0.05, 0.1) is 24.7 Å². The van der Waals surface area contributed by atoms with Gasteiger partial charge in [0.25, 0.3) is 0 Å². The highest BCUT2D eigenvalue weighted by Gasteiger charge is 2.13. The van der Waals surface area contributed by atoms with Crippen LogP contribution in [0.3, 0.4) is 0 Å². The van der Waals surface area contributed by atoms with E-state index in [0.29, 0.717) is 24.2 Å². The van der Waals surface area contributed by atoms with E-state index in [1.165, 1.54) is 6.07 Å². The number of nitriles is 1. The molecule has 1 aromatic carbocycles. The Kier molecular flexibility index (Phi) is 4.65. The van der Waals surface area contributed by atoms with Crippen LogP contribution in [0.25, 0.3) is 0 Å². The topological polar surface area (TPSA) is 50.1 Å². The number of hydrogen-bond donors (Lipinski definition) is 0. The monoisotopic (exact) mass is 235 g/mol. The Morgan fingerprint density at radius 1 is 1.47 bits per heavy atom. The Morgan fingerprint density at radius 2 is 2.18 bits per heavy atom. The van der Waals surface area contributed by atoms with Crippen molar-refractivity contribution in [3.05, 3.63) is 34.6 Å². The van der Waals surface area contributed by atoms with Gasteiger partial charge in [-0.3, -0.25) is 4.79 Å². The summed E-state index contributed by atoms with van der Waals surface area (Å²) in [4.78, 5) is 11.4. The number of carbonyl (C=O) groups excluding carboxylic acids is 1. The summed E-state index contributed by atoms with van der Waals surface area (Å²) in [6, 6.07) is 4.60. The van der Waals surface area contributed by atoms with Gasteiger partial charge >= 0.3 is 5.97 Å². The van der Waals surface area contributed by atoms with Gasteiger partial charge in [0.15, 0.2) is 0 Å². The summed E-state index contributed by atoms with van der Waals surface area (Å²) in [5.41, 5.74) is 1.22. The average Bonchev–Trinajstić information content (AvgIpc) is 2.28. The molecule has 0 saturated heterocycles. The maximum atomic E-state index is 13.6. The van der Waals surface area contributed by atoms with Gasteiger partial charge in [-0.1, -0.05) is 6.92 Å². The van der Waals surface area contributed by atoms with E-state index in [-0.39, 0.29) is 12.0 Å². The van der Waals surface area contributed by atoms with Gasteiger partial charge in [-0.25, -0.2) is 4.39 Å². The van der Waals surface area contributed by atoms with Crippen LogP contribution < -0.4 is 0 Å². The summed E-state index contributed by atoms with van der Waals surface area (Å²) in [5.74, 6) is -0.845. The average molecular weight is 235 g/mol. The molecule has 0 bridgehead atoms. The molecule has 17 heavy (non-hydrogen) atoms. The number of nitrogens with zero attached hydrogens (tertiary/aromatic N) is 1. The van der Waals surface area contributed by atoms with Crippen LogP contribution in [-0.2, 0) is 22.4 Å². The van der Waals surface area contributed by atoms with E-state index in [4.69, 9.17) is 10.00 Å². The van der Waals surface area contributed by atoms with Crippen molar-refractivity contribution in [2.24, 2.45) is 0 Å². The van der Waals surface area contributed by atoms with Crippen molar-refractivity contribution in [1.82, 2.24) is 0 Å². The molecule has 0 fully saturated rings. The molecular formula is C13H14FNO2. The van der Waals surface area contributed by atoms with Gasteiger partial charge in [0, 0.05) is 0 Å². The van der Waals surface area contributed by atoms with Crippen LogP contribution in [0.4, 0.5) is 4.39 Å². The molecule has 0 aliphatic carbocycles. The second kappa shape index (κ2) is 6.00. The van der Waals surface area contributed by atoms with E-state index in [0.717, 1.165) is 0 Å². The van der Waals surface area contributed by atoms with Crippen LogP contribution in [0, 0.1) is 17.1 Å². The largest absolute Gasteiger partial charge is 0.466 e. The zero-order chi connectivity index (χ0) is 12.8. The first-order valence-corrected chi connectivity index (χ1v) is 5.49. The lowest BCUT2D eigenvalue weighted by Gasteiger charge is -2.09. The Morgan fingerprint density at radius 3 is 2.71 bits per heavy atom. The third-order valence-corrected chi connectivity index (χ3v) is 2.41. The second-order valence-electron chi connectivity index (χ2n) is 3.54. The minimum atomic E-state index is -0.439. The molecule has 4 heteroatoms. The summed E-state index contributed by atoms with van der Waals surface area (Å²) in [7, 11) is 0.